The molecule has 0 fully saturated rings. The Hall–Kier alpha value is -3.48. The molecule has 0 spiro atoms. The number of amides is 1. The highest BCUT2D eigenvalue weighted by Crippen LogP contribution is 2.32. The second-order valence-corrected chi connectivity index (χ2v) is 18.3. The Bertz CT molecular complexity index is 1380. The highest BCUT2D eigenvalue weighted by Gasteiger charge is 2.26. The molecule has 0 aliphatic carbocycles. The van der Waals surface area contributed by atoms with Crippen molar-refractivity contribution in [2.75, 3.05) is 33.5 Å². The molecular weight excluding hydrogens is 580 g/mol. The molecule has 0 saturated carbocycles. The number of fused-ring (bicyclic) bond motifs is 1. The summed E-state index contributed by atoms with van der Waals surface area (Å²) >= 11 is 0. The summed E-state index contributed by atoms with van der Waals surface area (Å²) in [5, 5.41) is 3.87. The van der Waals surface area contributed by atoms with E-state index in [0.29, 0.717) is 49.2 Å². The molecule has 12 heteroatoms. The molecule has 1 amide bonds. The third kappa shape index (κ3) is 11.2. The number of esters is 1. The van der Waals surface area contributed by atoms with E-state index < -0.39 is 25.8 Å². The number of carbonyl (C=O) groups excluding carboxylic acids is 2. The van der Waals surface area contributed by atoms with E-state index in [1.807, 2.05) is 41.1 Å². The molecule has 2 heterocycles. The van der Waals surface area contributed by atoms with Crippen molar-refractivity contribution >= 4 is 31.0 Å². The number of nitrogens with zero attached hydrogens (tertiary/aromatic N) is 3. The van der Waals surface area contributed by atoms with Gasteiger partial charge >= 0.3 is 12.1 Å². The number of alkyl carbamates (subject to hydrolysis) is 1. The Kier molecular flexibility index (Phi) is 12.7. The van der Waals surface area contributed by atoms with Gasteiger partial charge in [-0.15, -0.1) is 0 Å². The summed E-state index contributed by atoms with van der Waals surface area (Å²) in [6, 6.07) is 10.1. The van der Waals surface area contributed by atoms with E-state index in [9.17, 15) is 9.59 Å². The molecule has 242 valence electrons. The van der Waals surface area contributed by atoms with Crippen LogP contribution in [-0.2, 0) is 30.5 Å². The predicted octanol–water partition coefficient (Wildman–Crippen LogP) is 6.34. The van der Waals surface area contributed by atoms with Crippen molar-refractivity contribution in [1.29, 1.82) is 0 Å². The Morgan fingerprint density at radius 3 is 2.50 bits per heavy atom. The first-order chi connectivity index (χ1) is 20.8. The number of hydrogen-bond acceptors (Lipinski definition) is 9. The highest BCUT2D eigenvalue weighted by atomic mass is 28.3. The molecule has 44 heavy (non-hydrogen) atoms. The molecule has 0 bridgehead atoms. The van der Waals surface area contributed by atoms with Gasteiger partial charge in [0, 0.05) is 39.3 Å². The molecule has 2 aromatic heterocycles. The van der Waals surface area contributed by atoms with Crippen LogP contribution in [-0.4, -0.2) is 73.8 Å². The van der Waals surface area contributed by atoms with Crippen molar-refractivity contribution in [3.05, 3.63) is 42.4 Å². The minimum Gasteiger partial charge on any atom is -0.480 e. The van der Waals surface area contributed by atoms with Crippen molar-refractivity contribution in [1.82, 2.24) is 19.9 Å². The number of aromatic nitrogens is 3. The Morgan fingerprint density at radius 2 is 1.82 bits per heavy atom. The number of benzene rings is 1. The van der Waals surface area contributed by atoms with E-state index >= 15 is 0 Å². The van der Waals surface area contributed by atoms with Crippen molar-refractivity contribution in [3.63, 3.8) is 0 Å². The maximum atomic E-state index is 13.0. The lowest BCUT2D eigenvalue weighted by molar-refractivity contribution is -0.143. The molecule has 1 aromatic carbocycles. The van der Waals surface area contributed by atoms with Gasteiger partial charge in [0.2, 0.25) is 5.88 Å². The van der Waals surface area contributed by atoms with Crippen LogP contribution >= 0.6 is 0 Å². The summed E-state index contributed by atoms with van der Waals surface area (Å²) in [5.74, 6) is 0.694. The number of hydrogen-bond donors (Lipinski definition) is 1. The maximum Gasteiger partial charge on any atom is 0.408 e. The number of ether oxygens (including phenoxy) is 5. The van der Waals surface area contributed by atoms with Crippen molar-refractivity contribution in [3.8, 4) is 17.1 Å². The van der Waals surface area contributed by atoms with Crippen LogP contribution in [0, 0.1) is 0 Å². The van der Waals surface area contributed by atoms with Crippen LogP contribution < -0.4 is 10.1 Å². The lowest BCUT2D eigenvalue weighted by Crippen LogP contribution is -2.38. The molecule has 3 rings (SSSR count). The Labute approximate surface area is 261 Å². The molecule has 0 unspecified atom stereocenters. The van der Waals surface area contributed by atoms with Crippen LogP contribution in [0.2, 0.25) is 25.7 Å². The molecule has 0 radical (unpaired) electrons. The number of carbonyl (C=O) groups is 2. The minimum atomic E-state index is -1.30. The molecule has 3 aromatic rings. The molecular formula is C32H48N4O7Si. The average Bonchev–Trinajstić information content (AvgIpc) is 3.36. The van der Waals surface area contributed by atoms with Gasteiger partial charge in [-0.25, -0.2) is 14.8 Å². The topological polar surface area (TPSA) is 123 Å². The third-order valence-electron chi connectivity index (χ3n) is 6.45. The maximum absolute atomic E-state index is 13.0. The number of rotatable bonds is 16. The smallest absolute Gasteiger partial charge is 0.408 e. The van der Waals surface area contributed by atoms with Gasteiger partial charge in [-0.2, -0.15) is 0 Å². The summed E-state index contributed by atoms with van der Waals surface area (Å²) in [7, 11) is 0.277. The van der Waals surface area contributed by atoms with E-state index in [1.54, 1.807) is 34.8 Å². The number of nitrogens with one attached hydrogen (secondary N) is 1. The second-order valence-electron chi connectivity index (χ2n) is 12.7. The van der Waals surface area contributed by atoms with Crippen molar-refractivity contribution in [2.24, 2.45) is 0 Å². The molecule has 1 atom stereocenters. The van der Waals surface area contributed by atoms with Gasteiger partial charge in [0.15, 0.2) is 0 Å². The van der Waals surface area contributed by atoms with Crippen LogP contribution in [0.4, 0.5) is 4.79 Å². The first-order valence-electron chi connectivity index (χ1n) is 15.1. The summed E-state index contributed by atoms with van der Waals surface area (Å²) in [6.45, 7) is 15.7. The fourth-order valence-electron chi connectivity index (χ4n) is 4.30. The van der Waals surface area contributed by atoms with E-state index in [1.165, 1.54) is 0 Å². The van der Waals surface area contributed by atoms with E-state index in [0.717, 1.165) is 16.9 Å². The lowest BCUT2D eigenvalue weighted by atomic mass is 10.1. The standard InChI is InChI=1S/C32H48N4O7Si/c1-9-42-28(37)15-12-16-40-21-27(35-31(38)43-32(2,3)4)29-33-26(20-36(29)22-41-17-18-44(6,7)8)24-19-23-13-10-11-14-25(23)34-30(24)39-5/h10-11,13-14,19-20,27H,9,12,15-18,21-22H2,1-8H3,(H,35,38)/t27-/m0/s1. The lowest BCUT2D eigenvalue weighted by Gasteiger charge is -2.24. The molecule has 0 aliphatic heterocycles. The highest BCUT2D eigenvalue weighted by molar-refractivity contribution is 6.76. The number of methoxy groups -OCH3 is 1. The van der Waals surface area contributed by atoms with Crippen LogP contribution in [0.5, 0.6) is 5.88 Å². The molecule has 0 saturated heterocycles. The van der Waals surface area contributed by atoms with Crippen LogP contribution in [0.15, 0.2) is 36.5 Å². The predicted molar refractivity (Wildman–Crippen MR) is 172 cm³/mol. The number of para-hydroxylation sites is 1. The van der Waals surface area contributed by atoms with Gasteiger partial charge in [-0.05, 0) is 52.3 Å². The fraction of sp³-hybridized carbons (Fsp3) is 0.562. The Morgan fingerprint density at radius 1 is 1.07 bits per heavy atom. The van der Waals surface area contributed by atoms with E-state index in [2.05, 4.69) is 25.0 Å². The SMILES string of the molecule is CCOC(=O)CCCOC[C@H](NC(=O)OC(C)(C)C)c1nc(-c2cc3ccccc3nc2OC)cn1COCC[Si](C)(C)C. The molecule has 0 aliphatic rings. The zero-order valence-corrected chi connectivity index (χ0v) is 28.4. The van der Waals surface area contributed by atoms with E-state index in [-0.39, 0.29) is 25.7 Å². The van der Waals surface area contributed by atoms with Gasteiger partial charge in [0.25, 0.3) is 0 Å². The summed E-state index contributed by atoms with van der Waals surface area (Å²) in [4.78, 5) is 34.4. The third-order valence-corrected chi connectivity index (χ3v) is 8.16. The largest absolute Gasteiger partial charge is 0.480 e. The van der Waals surface area contributed by atoms with Gasteiger partial charge in [0.1, 0.15) is 24.2 Å². The fourth-order valence-corrected chi connectivity index (χ4v) is 5.06. The average molecular weight is 629 g/mol. The number of pyridine rings is 1. The molecule has 11 nitrogen and oxygen atoms in total. The van der Waals surface area contributed by atoms with Crippen molar-refractivity contribution in [2.45, 2.75) is 84.6 Å². The normalized spacial score (nSPS) is 12.6. The van der Waals surface area contributed by atoms with E-state index in [4.69, 9.17) is 33.7 Å². The number of imidazole rings is 1. The monoisotopic (exact) mass is 628 g/mol. The Balaban J connectivity index is 1.95. The first-order valence-corrected chi connectivity index (χ1v) is 18.8. The summed E-state index contributed by atoms with van der Waals surface area (Å²) in [6.07, 6.45) is 2.01. The van der Waals surface area contributed by atoms with Gasteiger partial charge in [-0.1, -0.05) is 37.8 Å². The minimum absolute atomic E-state index is 0.0977. The van der Waals surface area contributed by atoms with Crippen LogP contribution in [0.3, 0.4) is 0 Å². The first kappa shape index (κ1) is 35.0. The molecule has 1 N–H and O–H groups in total. The summed E-state index contributed by atoms with van der Waals surface area (Å²) < 4.78 is 30.2. The van der Waals surface area contributed by atoms with Gasteiger partial charge < -0.3 is 33.6 Å². The van der Waals surface area contributed by atoms with Gasteiger partial charge in [-0.3, -0.25) is 4.79 Å². The summed E-state index contributed by atoms with van der Waals surface area (Å²) in [5.41, 5.74) is 1.43. The zero-order chi connectivity index (χ0) is 32.3. The zero-order valence-electron chi connectivity index (χ0n) is 27.4. The van der Waals surface area contributed by atoms with Gasteiger partial charge in [0.05, 0.1) is 37.1 Å². The van der Waals surface area contributed by atoms with Crippen LogP contribution in [0.1, 0.15) is 52.4 Å². The quantitative estimate of drug-likeness (QED) is 0.110. The second kappa shape index (κ2) is 16.0. The van der Waals surface area contributed by atoms with Crippen molar-refractivity contribution < 1.29 is 33.3 Å². The van der Waals surface area contributed by atoms with Crippen LogP contribution in [0.25, 0.3) is 22.2 Å².